The molecule has 0 heterocycles. The maximum Gasteiger partial charge on any atom is 0.337 e. The smallest absolute Gasteiger partial charge is 0.337 e. The van der Waals surface area contributed by atoms with Crippen LogP contribution in [0.3, 0.4) is 0 Å². The van der Waals surface area contributed by atoms with E-state index < -0.39 is 0 Å². The second-order valence-electron chi connectivity index (χ2n) is 4.17. The normalized spacial score (nSPS) is 10.2. The van der Waals surface area contributed by atoms with Gasteiger partial charge in [0.15, 0.2) is 0 Å². The number of esters is 1. The van der Waals surface area contributed by atoms with E-state index in [0.717, 1.165) is 15.7 Å². The molecule has 3 nitrogen and oxygen atoms in total. The van der Waals surface area contributed by atoms with Crippen molar-refractivity contribution in [3.05, 3.63) is 63.1 Å². The molecule has 0 atom stereocenters. The third-order valence-corrected chi connectivity index (χ3v) is 4.00. The van der Waals surface area contributed by atoms with E-state index in [1.165, 1.54) is 7.11 Å². The minimum absolute atomic E-state index is 0.335. The van der Waals surface area contributed by atoms with Gasteiger partial charge in [0.25, 0.3) is 0 Å². The lowest BCUT2D eigenvalue weighted by Crippen LogP contribution is -2.02. The molecule has 0 aliphatic carbocycles. The third-order valence-electron chi connectivity index (χ3n) is 2.79. The molecule has 2 aromatic carbocycles. The van der Waals surface area contributed by atoms with Crippen molar-refractivity contribution in [2.75, 3.05) is 12.4 Å². The number of carbonyl (C=O) groups excluding carboxylic acids is 1. The van der Waals surface area contributed by atoms with Crippen LogP contribution >= 0.6 is 27.5 Å². The molecular formula is C15H13BrClNO2. The second kappa shape index (κ2) is 6.77. The van der Waals surface area contributed by atoms with Gasteiger partial charge >= 0.3 is 5.97 Å². The van der Waals surface area contributed by atoms with E-state index in [1.807, 2.05) is 30.3 Å². The number of rotatable bonds is 4. The van der Waals surface area contributed by atoms with Crippen LogP contribution in [0.2, 0.25) is 5.02 Å². The molecule has 1 N–H and O–H groups in total. The fraction of sp³-hybridized carbons (Fsp3) is 0.133. The highest BCUT2D eigenvalue weighted by Crippen LogP contribution is 2.23. The van der Waals surface area contributed by atoms with Crippen LogP contribution < -0.4 is 5.32 Å². The molecule has 0 saturated carbocycles. The molecular weight excluding hydrogens is 342 g/mol. The van der Waals surface area contributed by atoms with Gasteiger partial charge in [-0.05, 0) is 57.9 Å². The van der Waals surface area contributed by atoms with E-state index in [2.05, 4.69) is 26.0 Å². The molecule has 0 amide bonds. The molecule has 20 heavy (non-hydrogen) atoms. The molecule has 0 bridgehead atoms. The van der Waals surface area contributed by atoms with Crippen molar-refractivity contribution >= 4 is 39.2 Å². The number of hydrogen-bond acceptors (Lipinski definition) is 3. The van der Waals surface area contributed by atoms with E-state index in [4.69, 9.17) is 11.6 Å². The van der Waals surface area contributed by atoms with Gasteiger partial charge < -0.3 is 10.1 Å². The highest BCUT2D eigenvalue weighted by Gasteiger charge is 2.04. The first-order valence-electron chi connectivity index (χ1n) is 5.96. The third kappa shape index (κ3) is 3.74. The van der Waals surface area contributed by atoms with Crippen LogP contribution in [0.15, 0.2) is 46.9 Å². The van der Waals surface area contributed by atoms with Crippen molar-refractivity contribution in [1.29, 1.82) is 0 Å². The number of hydrogen-bond donors (Lipinski definition) is 1. The molecule has 0 fully saturated rings. The Morgan fingerprint density at radius 1 is 1.25 bits per heavy atom. The molecule has 0 aliphatic rings. The van der Waals surface area contributed by atoms with E-state index >= 15 is 0 Å². The Kier molecular flexibility index (Phi) is 5.04. The topological polar surface area (TPSA) is 38.3 Å². The standard InChI is InChI=1S/C15H13BrClNO2/c1-20-15(19)11-3-5-12(6-4-11)18-9-10-2-7-14(17)13(16)8-10/h2-8,18H,9H2,1H3. The summed E-state index contributed by atoms with van der Waals surface area (Å²) in [5, 5.41) is 3.97. The van der Waals surface area contributed by atoms with Crippen LogP contribution in [0.1, 0.15) is 15.9 Å². The SMILES string of the molecule is COC(=O)c1ccc(NCc2ccc(Cl)c(Br)c2)cc1. The largest absolute Gasteiger partial charge is 0.465 e. The van der Waals surface area contributed by atoms with Gasteiger partial charge in [0.1, 0.15) is 0 Å². The molecule has 0 spiro atoms. The summed E-state index contributed by atoms with van der Waals surface area (Å²) in [5.41, 5.74) is 2.58. The van der Waals surface area contributed by atoms with Gasteiger partial charge in [-0.1, -0.05) is 17.7 Å². The summed E-state index contributed by atoms with van der Waals surface area (Å²) >= 11 is 9.34. The number of nitrogens with one attached hydrogen (secondary N) is 1. The summed E-state index contributed by atoms with van der Waals surface area (Å²) in [7, 11) is 1.37. The second-order valence-corrected chi connectivity index (χ2v) is 5.43. The Hall–Kier alpha value is -1.52. The number of anilines is 1. The summed E-state index contributed by atoms with van der Waals surface area (Å²) < 4.78 is 5.53. The zero-order valence-electron chi connectivity index (χ0n) is 10.8. The highest BCUT2D eigenvalue weighted by molar-refractivity contribution is 9.10. The Labute approximate surface area is 131 Å². The van der Waals surface area contributed by atoms with Crippen molar-refractivity contribution in [2.45, 2.75) is 6.54 Å². The van der Waals surface area contributed by atoms with Crippen molar-refractivity contribution in [3.8, 4) is 0 Å². The molecule has 2 rings (SSSR count). The summed E-state index contributed by atoms with van der Waals surface area (Å²) in [6.45, 7) is 0.674. The number of methoxy groups -OCH3 is 1. The van der Waals surface area contributed by atoms with Crippen molar-refractivity contribution in [2.24, 2.45) is 0 Å². The molecule has 0 aliphatic heterocycles. The first kappa shape index (κ1) is 14.9. The zero-order valence-corrected chi connectivity index (χ0v) is 13.2. The molecule has 0 radical (unpaired) electrons. The highest BCUT2D eigenvalue weighted by atomic mass is 79.9. The summed E-state index contributed by atoms with van der Waals surface area (Å²) in [6.07, 6.45) is 0. The van der Waals surface area contributed by atoms with E-state index in [0.29, 0.717) is 17.1 Å². The van der Waals surface area contributed by atoms with E-state index in [1.54, 1.807) is 12.1 Å². The van der Waals surface area contributed by atoms with Crippen molar-refractivity contribution in [1.82, 2.24) is 0 Å². The van der Waals surface area contributed by atoms with Gasteiger partial charge in [0, 0.05) is 16.7 Å². The average molecular weight is 355 g/mol. The van der Waals surface area contributed by atoms with Crippen LogP contribution in [0.5, 0.6) is 0 Å². The predicted molar refractivity (Wildman–Crippen MR) is 84.3 cm³/mol. The quantitative estimate of drug-likeness (QED) is 0.822. The molecule has 5 heteroatoms. The van der Waals surface area contributed by atoms with Gasteiger partial charge in [-0.3, -0.25) is 0 Å². The Bertz CT molecular complexity index is 614. The fourth-order valence-corrected chi connectivity index (χ4v) is 2.24. The number of carbonyl (C=O) groups is 1. The van der Waals surface area contributed by atoms with Crippen LogP contribution in [-0.4, -0.2) is 13.1 Å². The zero-order chi connectivity index (χ0) is 14.5. The summed E-state index contributed by atoms with van der Waals surface area (Å²) in [4.78, 5) is 11.3. The van der Waals surface area contributed by atoms with Gasteiger partial charge in [-0.15, -0.1) is 0 Å². The number of ether oxygens (including phenoxy) is 1. The monoisotopic (exact) mass is 353 g/mol. The number of halogens is 2. The van der Waals surface area contributed by atoms with Crippen LogP contribution in [0, 0.1) is 0 Å². The van der Waals surface area contributed by atoms with E-state index in [9.17, 15) is 4.79 Å². The Balaban J connectivity index is 2.00. The van der Waals surface area contributed by atoms with Crippen LogP contribution in [-0.2, 0) is 11.3 Å². The fourth-order valence-electron chi connectivity index (χ4n) is 1.70. The molecule has 0 unspecified atom stereocenters. The lowest BCUT2D eigenvalue weighted by Gasteiger charge is -2.08. The van der Waals surface area contributed by atoms with Crippen LogP contribution in [0.25, 0.3) is 0 Å². The van der Waals surface area contributed by atoms with E-state index in [-0.39, 0.29) is 5.97 Å². The Morgan fingerprint density at radius 2 is 1.95 bits per heavy atom. The van der Waals surface area contributed by atoms with Crippen LogP contribution in [0.4, 0.5) is 5.69 Å². The minimum Gasteiger partial charge on any atom is -0.465 e. The molecule has 0 saturated heterocycles. The molecule has 0 aromatic heterocycles. The number of benzene rings is 2. The molecule has 104 valence electrons. The first-order chi connectivity index (χ1) is 9.60. The van der Waals surface area contributed by atoms with Crippen molar-refractivity contribution < 1.29 is 9.53 Å². The molecule has 2 aromatic rings. The van der Waals surface area contributed by atoms with Crippen molar-refractivity contribution in [3.63, 3.8) is 0 Å². The lowest BCUT2D eigenvalue weighted by molar-refractivity contribution is 0.0601. The maximum absolute atomic E-state index is 11.3. The summed E-state index contributed by atoms with van der Waals surface area (Å²) in [6, 6.07) is 12.9. The van der Waals surface area contributed by atoms with Gasteiger partial charge in [-0.25, -0.2) is 4.79 Å². The van der Waals surface area contributed by atoms with Gasteiger partial charge in [0.05, 0.1) is 17.7 Å². The maximum atomic E-state index is 11.3. The summed E-state index contributed by atoms with van der Waals surface area (Å²) in [5.74, 6) is -0.335. The average Bonchev–Trinajstić information content (AvgIpc) is 2.48. The first-order valence-corrected chi connectivity index (χ1v) is 7.13. The predicted octanol–water partition coefficient (Wildman–Crippen LogP) is 4.50. The lowest BCUT2D eigenvalue weighted by atomic mass is 10.2. The Morgan fingerprint density at radius 3 is 2.55 bits per heavy atom. The van der Waals surface area contributed by atoms with Gasteiger partial charge in [-0.2, -0.15) is 0 Å². The van der Waals surface area contributed by atoms with Gasteiger partial charge in [0.2, 0.25) is 0 Å². The minimum atomic E-state index is -0.335.